The van der Waals surface area contributed by atoms with Crippen molar-refractivity contribution in [2.75, 3.05) is 0 Å². The Morgan fingerprint density at radius 2 is 1.63 bits per heavy atom. The molecule has 0 aliphatic carbocycles. The summed E-state index contributed by atoms with van der Waals surface area (Å²) in [4.78, 5) is 0. The fraction of sp³-hybridized carbons (Fsp3) is 0.143. The molecule has 2 aromatic rings. The Morgan fingerprint density at radius 3 is 2.26 bits per heavy atom. The zero-order valence-electron chi connectivity index (χ0n) is 9.75. The summed E-state index contributed by atoms with van der Waals surface area (Å²) in [6.45, 7) is 0.0354. The predicted molar refractivity (Wildman–Crippen MR) is 67.2 cm³/mol. The zero-order chi connectivity index (χ0) is 13.9. The van der Waals surface area contributed by atoms with E-state index in [0.29, 0.717) is 0 Å². The van der Waals surface area contributed by atoms with E-state index in [1.54, 1.807) is 24.3 Å². The molecule has 2 rings (SSSR count). The summed E-state index contributed by atoms with van der Waals surface area (Å²) in [6, 6.07) is 12.5. The lowest BCUT2D eigenvalue weighted by Gasteiger charge is -2.15. The van der Waals surface area contributed by atoms with E-state index in [4.69, 9.17) is 16.3 Å². The minimum absolute atomic E-state index is 0.0354. The van der Waals surface area contributed by atoms with Gasteiger partial charge in [-0.1, -0.05) is 48.0 Å². The standard InChI is InChI=1S/C14H10ClF3O/c15-12-8-4-7-11(14(16,17)18)13(12)19-9-10-5-2-1-3-6-10/h1-8H,9H2. The predicted octanol–water partition coefficient (Wildman–Crippen LogP) is 4.94. The Balaban J connectivity index is 2.25. The highest BCUT2D eigenvalue weighted by molar-refractivity contribution is 6.32. The second-order valence-corrected chi connectivity index (χ2v) is 4.30. The average molecular weight is 287 g/mol. The molecule has 0 fully saturated rings. The van der Waals surface area contributed by atoms with Crippen LogP contribution in [0.1, 0.15) is 11.1 Å². The summed E-state index contributed by atoms with van der Waals surface area (Å²) in [5.41, 5.74) is -0.0912. The van der Waals surface area contributed by atoms with Gasteiger partial charge in [-0.05, 0) is 17.7 Å². The summed E-state index contributed by atoms with van der Waals surface area (Å²) in [5.74, 6) is -0.333. The monoisotopic (exact) mass is 286 g/mol. The first kappa shape index (κ1) is 13.7. The topological polar surface area (TPSA) is 9.23 Å². The van der Waals surface area contributed by atoms with Crippen molar-refractivity contribution in [3.05, 3.63) is 64.7 Å². The highest BCUT2D eigenvalue weighted by Crippen LogP contribution is 2.40. The Labute approximate surface area is 113 Å². The fourth-order valence-corrected chi connectivity index (χ4v) is 1.84. The first-order chi connectivity index (χ1) is 8.98. The molecule has 0 heterocycles. The van der Waals surface area contributed by atoms with E-state index in [0.717, 1.165) is 11.6 Å². The Kier molecular flexibility index (Phi) is 4.00. The SMILES string of the molecule is FC(F)(F)c1cccc(Cl)c1OCc1ccccc1. The third-order valence-electron chi connectivity index (χ3n) is 2.50. The lowest BCUT2D eigenvalue weighted by atomic mass is 10.2. The molecular formula is C14H10ClF3O. The molecule has 5 heteroatoms. The van der Waals surface area contributed by atoms with Crippen molar-refractivity contribution in [2.45, 2.75) is 12.8 Å². The summed E-state index contributed by atoms with van der Waals surface area (Å²) >= 11 is 5.78. The van der Waals surface area contributed by atoms with Gasteiger partial charge in [-0.25, -0.2) is 0 Å². The maximum Gasteiger partial charge on any atom is 0.420 e. The van der Waals surface area contributed by atoms with E-state index in [-0.39, 0.29) is 17.4 Å². The van der Waals surface area contributed by atoms with Gasteiger partial charge in [0.25, 0.3) is 0 Å². The zero-order valence-corrected chi connectivity index (χ0v) is 10.5. The van der Waals surface area contributed by atoms with Crippen LogP contribution < -0.4 is 4.74 Å². The average Bonchev–Trinajstić information content (AvgIpc) is 2.37. The van der Waals surface area contributed by atoms with Gasteiger partial charge in [-0.3, -0.25) is 0 Å². The van der Waals surface area contributed by atoms with Gasteiger partial charge >= 0.3 is 6.18 Å². The molecule has 0 aliphatic rings. The van der Waals surface area contributed by atoms with Gasteiger partial charge in [0, 0.05) is 0 Å². The summed E-state index contributed by atoms with van der Waals surface area (Å²) < 4.78 is 43.7. The van der Waals surface area contributed by atoms with Gasteiger partial charge in [0.2, 0.25) is 0 Å². The van der Waals surface area contributed by atoms with E-state index in [9.17, 15) is 13.2 Å². The van der Waals surface area contributed by atoms with Gasteiger partial charge in [-0.15, -0.1) is 0 Å². The van der Waals surface area contributed by atoms with Crippen LogP contribution in [0.2, 0.25) is 5.02 Å². The Bertz CT molecular complexity index is 552. The van der Waals surface area contributed by atoms with Gasteiger partial charge in [-0.2, -0.15) is 13.2 Å². The van der Waals surface area contributed by atoms with Crippen LogP contribution in [-0.4, -0.2) is 0 Å². The van der Waals surface area contributed by atoms with E-state index < -0.39 is 11.7 Å². The lowest BCUT2D eigenvalue weighted by molar-refractivity contribution is -0.139. The van der Waals surface area contributed by atoms with Gasteiger partial charge < -0.3 is 4.74 Å². The highest BCUT2D eigenvalue weighted by Gasteiger charge is 2.35. The second kappa shape index (κ2) is 5.53. The Hall–Kier alpha value is -1.68. The number of hydrogen-bond donors (Lipinski definition) is 0. The minimum Gasteiger partial charge on any atom is -0.487 e. The molecular weight excluding hydrogens is 277 g/mol. The van der Waals surface area contributed by atoms with Crippen LogP contribution in [0.4, 0.5) is 13.2 Å². The number of rotatable bonds is 3. The molecule has 0 unspecified atom stereocenters. The van der Waals surface area contributed by atoms with Crippen molar-refractivity contribution < 1.29 is 17.9 Å². The summed E-state index contributed by atoms with van der Waals surface area (Å²) in [7, 11) is 0. The Morgan fingerprint density at radius 1 is 0.947 bits per heavy atom. The molecule has 0 saturated heterocycles. The molecule has 0 saturated carbocycles. The van der Waals surface area contributed by atoms with Crippen molar-refractivity contribution in [1.82, 2.24) is 0 Å². The summed E-state index contributed by atoms with van der Waals surface area (Å²) in [6.07, 6.45) is -4.49. The molecule has 0 aliphatic heterocycles. The highest BCUT2D eigenvalue weighted by atomic mass is 35.5. The van der Waals surface area contributed by atoms with Crippen LogP contribution in [0.15, 0.2) is 48.5 Å². The number of para-hydroxylation sites is 1. The summed E-state index contributed by atoms with van der Waals surface area (Å²) in [5, 5.41) is -0.0502. The molecule has 100 valence electrons. The van der Waals surface area contributed by atoms with E-state index in [1.165, 1.54) is 12.1 Å². The van der Waals surface area contributed by atoms with Gasteiger partial charge in [0.15, 0.2) is 5.75 Å². The molecule has 0 radical (unpaired) electrons. The van der Waals surface area contributed by atoms with Crippen molar-refractivity contribution in [3.63, 3.8) is 0 Å². The fourth-order valence-electron chi connectivity index (χ4n) is 1.61. The number of alkyl halides is 3. The van der Waals surface area contributed by atoms with Crippen molar-refractivity contribution in [1.29, 1.82) is 0 Å². The maximum atomic E-state index is 12.8. The van der Waals surface area contributed by atoms with E-state index in [1.807, 2.05) is 6.07 Å². The van der Waals surface area contributed by atoms with Crippen molar-refractivity contribution >= 4 is 11.6 Å². The normalized spacial score (nSPS) is 11.4. The number of halogens is 4. The third kappa shape index (κ3) is 3.41. The molecule has 0 spiro atoms. The van der Waals surface area contributed by atoms with Crippen molar-refractivity contribution in [2.24, 2.45) is 0 Å². The van der Waals surface area contributed by atoms with Crippen molar-refractivity contribution in [3.8, 4) is 5.75 Å². The molecule has 1 nitrogen and oxygen atoms in total. The first-order valence-corrected chi connectivity index (χ1v) is 5.88. The van der Waals surface area contributed by atoms with E-state index in [2.05, 4.69) is 0 Å². The van der Waals surface area contributed by atoms with Crippen LogP contribution in [0.5, 0.6) is 5.75 Å². The lowest BCUT2D eigenvalue weighted by Crippen LogP contribution is -2.09. The van der Waals surface area contributed by atoms with E-state index >= 15 is 0 Å². The molecule has 0 aromatic heterocycles. The van der Waals surface area contributed by atoms with Crippen LogP contribution in [0.3, 0.4) is 0 Å². The van der Waals surface area contributed by atoms with Crippen LogP contribution in [-0.2, 0) is 12.8 Å². The molecule has 0 amide bonds. The maximum absolute atomic E-state index is 12.8. The second-order valence-electron chi connectivity index (χ2n) is 3.89. The molecule has 2 aromatic carbocycles. The third-order valence-corrected chi connectivity index (χ3v) is 2.80. The molecule has 19 heavy (non-hydrogen) atoms. The van der Waals surface area contributed by atoms with Crippen LogP contribution >= 0.6 is 11.6 Å². The van der Waals surface area contributed by atoms with Gasteiger partial charge in [0.05, 0.1) is 10.6 Å². The number of benzene rings is 2. The van der Waals surface area contributed by atoms with Crippen LogP contribution in [0.25, 0.3) is 0 Å². The number of ether oxygens (including phenoxy) is 1. The minimum atomic E-state index is -4.49. The quantitative estimate of drug-likeness (QED) is 0.777. The first-order valence-electron chi connectivity index (χ1n) is 5.51. The van der Waals surface area contributed by atoms with Crippen LogP contribution in [0, 0.1) is 0 Å². The smallest absolute Gasteiger partial charge is 0.420 e. The molecule has 0 bridgehead atoms. The largest absolute Gasteiger partial charge is 0.487 e. The van der Waals surface area contributed by atoms with Gasteiger partial charge in [0.1, 0.15) is 6.61 Å². The number of hydrogen-bond acceptors (Lipinski definition) is 1. The molecule has 0 atom stereocenters. The molecule has 0 N–H and O–H groups in total.